The number of rotatable bonds is 2. The van der Waals surface area contributed by atoms with Gasteiger partial charge in [-0.25, -0.2) is 0 Å². The highest BCUT2D eigenvalue weighted by Crippen LogP contribution is 2.24. The van der Waals surface area contributed by atoms with Gasteiger partial charge in [-0.1, -0.05) is 60.7 Å². The highest BCUT2D eigenvalue weighted by molar-refractivity contribution is 6.18. The van der Waals surface area contributed by atoms with Crippen molar-refractivity contribution < 1.29 is 0 Å². The van der Waals surface area contributed by atoms with Crippen LogP contribution in [-0.2, 0) is 0 Å². The quantitative estimate of drug-likeness (QED) is 0.852. The molecule has 0 fully saturated rings. The Bertz CT molecular complexity index is 567. The summed E-state index contributed by atoms with van der Waals surface area (Å²) in [5.41, 5.74) is 11.3. The third-order valence-electron chi connectivity index (χ3n) is 3.15. The van der Waals surface area contributed by atoms with E-state index < -0.39 is 0 Å². The number of aliphatic imine (C=N–C) groups is 1. The fourth-order valence-electron chi connectivity index (χ4n) is 2.20. The largest absolute Gasteiger partial charge is 0.397 e. The summed E-state index contributed by atoms with van der Waals surface area (Å²) >= 11 is 0. The fourth-order valence-corrected chi connectivity index (χ4v) is 2.20. The van der Waals surface area contributed by atoms with Gasteiger partial charge in [0.1, 0.15) is 0 Å². The Kier molecular flexibility index (Phi) is 2.69. The van der Waals surface area contributed by atoms with Gasteiger partial charge in [-0.2, -0.15) is 0 Å². The van der Waals surface area contributed by atoms with E-state index in [9.17, 15) is 0 Å². The highest BCUT2D eigenvalue weighted by atomic mass is 14.8. The predicted octanol–water partition coefficient (Wildman–Crippen LogP) is 2.86. The van der Waals surface area contributed by atoms with Crippen molar-refractivity contribution in [2.24, 2.45) is 10.7 Å². The first-order valence-corrected chi connectivity index (χ1v) is 6.00. The molecule has 18 heavy (non-hydrogen) atoms. The molecule has 0 atom stereocenters. The van der Waals surface area contributed by atoms with Gasteiger partial charge in [0, 0.05) is 11.1 Å². The molecule has 88 valence electrons. The average molecular weight is 234 g/mol. The lowest BCUT2D eigenvalue weighted by atomic mass is 10.0. The van der Waals surface area contributed by atoms with Crippen molar-refractivity contribution in [2.75, 3.05) is 6.54 Å². The molecule has 0 radical (unpaired) electrons. The molecular weight excluding hydrogens is 220 g/mol. The lowest BCUT2D eigenvalue weighted by Gasteiger charge is -2.05. The van der Waals surface area contributed by atoms with Gasteiger partial charge >= 0.3 is 0 Å². The summed E-state index contributed by atoms with van der Waals surface area (Å²) < 4.78 is 0. The number of allylic oxidation sites excluding steroid dienone is 1. The van der Waals surface area contributed by atoms with Crippen LogP contribution >= 0.6 is 0 Å². The molecule has 0 saturated carbocycles. The van der Waals surface area contributed by atoms with Crippen LogP contribution in [0.2, 0.25) is 0 Å². The molecule has 2 aromatic rings. The Hall–Kier alpha value is -2.35. The number of hydrogen-bond donors (Lipinski definition) is 1. The number of nitrogens with two attached hydrogens (primary N) is 1. The van der Waals surface area contributed by atoms with E-state index in [0.717, 1.165) is 28.1 Å². The van der Waals surface area contributed by atoms with Gasteiger partial charge in [0.2, 0.25) is 0 Å². The second-order valence-electron chi connectivity index (χ2n) is 4.29. The molecule has 0 bridgehead atoms. The van der Waals surface area contributed by atoms with E-state index in [1.54, 1.807) is 0 Å². The van der Waals surface area contributed by atoms with Crippen LogP contribution in [0.1, 0.15) is 11.1 Å². The van der Waals surface area contributed by atoms with Crippen molar-refractivity contribution in [1.82, 2.24) is 0 Å². The molecule has 0 aliphatic carbocycles. The summed E-state index contributed by atoms with van der Waals surface area (Å²) in [5, 5.41) is 0. The summed E-state index contributed by atoms with van der Waals surface area (Å²) in [4.78, 5) is 4.56. The third kappa shape index (κ3) is 1.82. The molecule has 1 aliphatic heterocycles. The van der Waals surface area contributed by atoms with Crippen molar-refractivity contribution >= 4 is 11.3 Å². The van der Waals surface area contributed by atoms with E-state index in [1.807, 2.05) is 48.5 Å². The van der Waals surface area contributed by atoms with Gasteiger partial charge in [0.05, 0.1) is 18.0 Å². The van der Waals surface area contributed by atoms with Gasteiger partial charge in [0.25, 0.3) is 0 Å². The summed E-state index contributed by atoms with van der Waals surface area (Å²) in [6, 6.07) is 20.3. The van der Waals surface area contributed by atoms with Gasteiger partial charge in [-0.15, -0.1) is 0 Å². The first-order valence-electron chi connectivity index (χ1n) is 6.00. The molecule has 0 saturated heterocycles. The lowest BCUT2D eigenvalue weighted by molar-refractivity contribution is 1.29. The molecule has 0 amide bonds. The zero-order chi connectivity index (χ0) is 12.4. The maximum Gasteiger partial charge on any atom is 0.0883 e. The monoisotopic (exact) mass is 234 g/mol. The van der Waals surface area contributed by atoms with Gasteiger partial charge in [-0.3, -0.25) is 4.99 Å². The van der Waals surface area contributed by atoms with Crippen LogP contribution in [0.4, 0.5) is 0 Å². The molecule has 2 nitrogen and oxygen atoms in total. The predicted molar refractivity (Wildman–Crippen MR) is 75.4 cm³/mol. The van der Waals surface area contributed by atoms with Crippen molar-refractivity contribution in [2.45, 2.75) is 0 Å². The maximum absolute atomic E-state index is 6.24. The molecule has 2 aromatic carbocycles. The first kappa shape index (κ1) is 10.8. The van der Waals surface area contributed by atoms with Crippen LogP contribution in [-0.4, -0.2) is 12.3 Å². The van der Waals surface area contributed by atoms with E-state index in [2.05, 4.69) is 17.1 Å². The number of benzene rings is 2. The summed E-state index contributed by atoms with van der Waals surface area (Å²) in [6.07, 6.45) is 0. The number of hydrogen-bond acceptors (Lipinski definition) is 2. The zero-order valence-electron chi connectivity index (χ0n) is 10.0. The van der Waals surface area contributed by atoms with E-state index in [4.69, 9.17) is 5.73 Å². The third-order valence-corrected chi connectivity index (χ3v) is 3.15. The topological polar surface area (TPSA) is 38.4 Å². The molecule has 3 rings (SSSR count). The van der Waals surface area contributed by atoms with Crippen LogP contribution in [0.25, 0.3) is 5.57 Å². The van der Waals surface area contributed by atoms with E-state index in [-0.39, 0.29) is 0 Å². The van der Waals surface area contributed by atoms with Crippen LogP contribution in [0.15, 0.2) is 71.4 Å². The van der Waals surface area contributed by atoms with Gasteiger partial charge in [0.15, 0.2) is 0 Å². The maximum atomic E-state index is 6.24. The van der Waals surface area contributed by atoms with Crippen LogP contribution in [0.3, 0.4) is 0 Å². The molecule has 0 spiro atoms. The Morgan fingerprint density at radius 3 is 1.94 bits per heavy atom. The summed E-state index contributed by atoms with van der Waals surface area (Å²) in [7, 11) is 0. The molecule has 1 aliphatic rings. The second kappa shape index (κ2) is 4.49. The van der Waals surface area contributed by atoms with Gasteiger partial charge in [-0.05, 0) is 5.56 Å². The summed E-state index contributed by atoms with van der Waals surface area (Å²) in [6.45, 7) is 0.667. The van der Waals surface area contributed by atoms with Crippen LogP contribution in [0.5, 0.6) is 0 Å². The molecular formula is C16H14N2. The summed E-state index contributed by atoms with van der Waals surface area (Å²) in [5.74, 6) is 0. The standard InChI is InChI=1S/C16H14N2/c17-15-14(12-7-3-1-4-8-12)11-18-16(15)13-9-5-2-6-10-13/h1-10H,11,17H2. The van der Waals surface area contributed by atoms with Gasteiger partial charge < -0.3 is 5.73 Å². The Balaban J connectivity index is 2.00. The Morgan fingerprint density at radius 1 is 0.778 bits per heavy atom. The van der Waals surface area contributed by atoms with E-state index in [1.165, 1.54) is 0 Å². The second-order valence-corrected chi connectivity index (χ2v) is 4.29. The van der Waals surface area contributed by atoms with Crippen LogP contribution in [0, 0.1) is 0 Å². The van der Waals surface area contributed by atoms with E-state index >= 15 is 0 Å². The Labute approximate surface area is 106 Å². The van der Waals surface area contributed by atoms with Crippen molar-refractivity contribution in [3.8, 4) is 0 Å². The average Bonchev–Trinajstić information content (AvgIpc) is 2.83. The SMILES string of the molecule is NC1=C(c2ccccc2)CN=C1c1ccccc1. The minimum absolute atomic E-state index is 0.667. The minimum Gasteiger partial charge on any atom is -0.397 e. The molecule has 1 heterocycles. The smallest absolute Gasteiger partial charge is 0.0883 e. The van der Waals surface area contributed by atoms with Crippen molar-refractivity contribution in [3.63, 3.8) is 0 Å². The zero-order valence-corrected chi connectivity index (χ0v) is 10.0. The van der Waals surface area contributed by atoms with E-state index in [0.29, 0.717) is 6.54 Å². The normalized spacial score (nSPS) is 14.8. The highest BCUT2D eigenvalue weighted by Gasteiger charge is 2.18. The molecule has 0 unspecified atom stereocenters. The first-order chi connectivity index (χ1) is 8.86. The molecule has 2 heteroatoms. The van der Waals surface area contributed by atoms with Crippen molar-refractivity contribution in [1.29, 1.82) is 0 Å². The lowest BCUT2D eigenvalue weighted by Crippen LogP contribution is -2.11. The Morgan fingerprint density at radius 2 is 1.33 bits per heavy atom. The minimum atomic E-state index is 0.667. The van der Waals surface area contributed by atoms with Crippen molar-refractivity contribution in [3.05, 3.63) is 77.5 Å². The molecule has 0 aromatic heterocycles. The van der Waals surface area contributed by atoms with Crippen LogP contribution < -0.4 is 5.73 Å². The fraction of sp³-hybridized carbons (Fsp3) is 0.0625. The molecule has 2 N–H and O–H groups in total. The number of nitrogens with zero attached hydrogens (tertiary/aromatic N) is 1.